The minimum absolute atomic E-state index is 0.117. The van der Waals surface area contributed by atoms with Crippen molar-refractivity contribution in [1.29, 1.82) is 0 Å². The van der Waals surface area contributed by atoms with Gasteiger partial charge in [0.25, 0.3) is 5.91 Å². The third kappa shape index (κ3) is 4.15. The van der Waals surface area contributed by atoms with Crippen LogP contribution in [0.5, 0.6) is 0 Å². The van der Waals surface area contributed by atoms with Crippen LogP contribution in [0.3, 0.4) is 0 Å². The molecule has 3 aromatic rings. The highest BCUT2D eigenvalue weighted by Gasteiger charge is 2.30. The number of halogens is 1. The number of aromatic nitrogens is 3. The molecule has 0 aromatic carbocycles. The number of carbonyl (C=O) groups excluding carboxylic acids is 2. The molecule has 28 heavy (non-hydrogen) atoms. The fourth-order valence-electron chi connectivity index (χ4n) is 3.20. The van der Waals surface area contributed by atoms with Gasteiger partial charge < -0.3 is 10.2 Å². The van der Waals surface area contributed by atoms with Crippen LogP contribution in [-0.2, 0) is 4.79 Å². The van der Waals surface area contributed by atoms with Crippen LogP contribution in [0.15, 0.2) is 46.4 Å². The van der Waals surface area contributed by atoms with Crippen molar-refractivity contribution in [3.8, 4) is 10.6 Å². The number of rotatable bonds is 4. The lowest BCUT2D eigenvalue weighted by Gasteiger charge is -2.31. The van der Waals surface area contributed by atoms with E-state index in [0.29, 0.717) is 24.6 Å². The fraction of sp³-hybridized carbons (Fsp3) is 0.263. The van der Waals surface area contributed by atoms with E-state index in [4.69, 9.17) is 0 Å². The van der Waals surface area contributed by atoms with Crippen LogP contribution in [-0.4, -0.2) is 45.0 Å². The van der Waals surface area contributed by atoms with E-state index in [9.17, 15) is 9.59 Å². The Balaban J connectivity index is 1.41. The lowest BCUT2D eigenvalue weighted by molar-refractivity contribution is -0.121. The number of thiophene rings is 1. The van der Waals surface area contributed by atoms with Crippen LogP contribution in [0.25, 0.3) is 10.6 Å². The second-order valence-electron chi connectivity index (χ2n) is 6.59. The van der Waals surface area contributed by atoms with Crippen molar-refractivity contribution >= 4 is 44.9 Å². The maximum absolute atomic E-state index is 12.8. The Morgan fingerprint density at radius 1 is 1.32 bits per heavy atom. The van der Waals surface area contributed by atoms with Crippen LogP contribution in [0.4, 0.5) is 5.82 Å². The summed E-state index contributed by atoms with van der Waals surface area (Å²) in [4.78, 5) is 32.3. The van der Waals surface area contributed by atoms with Gasteiger partial charge in [-0.15, -0.1) is 11.3 Å². The van der Waals surface area contributed by atoms with E-state index in [-0.39, 0.29) is 17.7 Å². The summed E-state index contributed by atoms with van der Waals surface area (Å²) in [5, 5.41) is 11.9. The number of piperidine rings is 1. The van der Waals surface area contributed by atoms with Gasteiger partial charge in [-0.3, -0.25) is 14.7 Å². The monoisotopic (exact) mass is 459 g/mol. The molecule has 0 bridgehead atoms. The van der Waals surface area contributed by atoms with Crippen LogP contribution < -0.4 is 5.32 Å². The molecule has 1 atom stereocenters. The highest BCUT2D eigenvalue weighted by atomic mass is 79.9. The van der Waals surface area contributed by atoms with Gasteiger partial charge in [0.15, 0.2) is 5.69 Å². The molecule has 0 aliphatic carbocycles. The number of likely N-dealkylation sites (tertiary alicyclic amines) is 1. The van der Waals surface area contributed by atoms with Gasteiger partial charge in [0.2, 0.25) is 5.91 Å². The molecule has 1 fully saturated rings. The van der Waals surface area contributed by atoms with E-state index >= 15 is 0 Å². The Kier molecular flexibility index (Phi) is 5.54. The van der Waals surface area contributed by atoms with E-state index in [1.807, 2.05) is 23.6 Å². The summed E-state index contributed by atoms with van der Waals surface area (Å²) in [7, 11) is 0. The molecule has 1 saturated heterocycles. The third-order valence-corrected chi connectivity index (χ3v) is 6.01. The van der Waals surface area contributed by atoms with Gasteiger partial charge in [0.05, 0.1) is 16.5 Å². The molecule has 2 amide bonds. The summed E-state index contributed by atoms with van der Waals surface area (Å²) >= 11 is 4.91. The predicted octanol–water partition coefficient (Wildman–Crippen LogP) is 3.79. The second-order valence-corrected chi connectivity index (χ2v) is 8.45. The van der Waals surface area contributed by atoms with Crippen LogP contribution in [0.2, 0.25) is 0 Å². The Bertz CT molecular complexity index is 971. The summed E-state index contributed by atoms with van der Waals surface area (Å²) < 4.78 is 0.848. The highest BCUT2D eigenvalue weighted by molar-refractivity contribution is 9.10. The minimum atomic E-state index is -0.265. The normalized spacial score (nSPS) is 16.8. The molecule has 0 spiro atoms. The molecular weight excluding hydrogens is 442 g/mol. The number of nitrogens with one attached hydrogen (secondary N) is 2. The number of hydrogen-bond donors (Lipinski definition) is 2. The quantitative estimate of drug-likeness (QED) is 0.620. The van der Waals surface area contributed by atoms with Crippen molar-refractivity contribution in [3.05, 3.63) is 52.1 Å². The van der Waals surface area contributed by atoms with E-state index in [1.54, 1.807) is 34.6 Å². The molecule has 0 saturated carbocycles. The smallest absolute Gasteiger partial charge is 0.274 e. The molecule has 4 rings (SSSR count). The zero-order valence-corrected chi connectivity index (χ0v) is 17.3. The number of hydrogen-bond acceptors (Lipinski definition) is 5. The summed E-state index contributed by atoms with van der Waals surface area (Å²) in [5.74, 6) is -0.0321. The molecule has 1 aliphatic heterocycles. The fourth-order valence-corrected chi connectivity index (χ4v) is 4.13. The van der Waals surface area contributed by atoms with Gasteiger partial charge in [-0.05, 0) is 58.4 Å². The van der Waals surface area contributed by atoms with Gasteiger partial charge in [0.1, 0.15) is 5.82 Å². The SMILES string of the molecule is O=C(Nc1ccc(Br)cn1)C1CCCN(C(=O)c2cc(-c3cccs3)[nH]n2)C1. The number of carbonyl (C=O) groups is 2. The number of aromatic amines is 1. The van der Waals surface area contributed by atoms with E-state index in [2.05, 4.69) is 36.4 Å². The molecule has 1 aliphatic rings. The predicted molar refractivity (Wildman–Crippen MR) is 111 cm³/mol. The topological polar surface area (TPSA) is 91.0 Å². The zero-order valence-electron chi connectivity index (χ0n) is 14.9. The molecule has 7 nitrogen and oxygen atoms in total. The number of pyridine rings is 1. The van der Waals surface area contributed by atoms with Gasteiger partial charge >= 0.3 is 0 Å². The van der Waals surface area contributed by atoms with E-state index in [0.717, 1.165) is 27.9 Å². The lowest BCUT2D eigenvalue weighted by Crippen LogP contribution is -2.44. The minimum Gasteiger partial charge on any atom is -0.336 e. The highest BCUT2D eigenvalue weighted by Crippen LogP contribution is 2.25. The molecule has 0 radical (unpaired) electrons. The van der Waals surface area contributed by atoms with Crippen molar-refractivity contribution in [2.45, 2.75) is 12.8 Å². The Hall–Kier alpha value is -2.52. The Labute approximate surface area is 174 Å². The summed E-state index contributed by atoms with van der Waals surface area (Å²) in [6.07, 6.45) is 3.15. The number of H-pyrrole nitrogens is 1. The first-order valence-electron chi connectivity index (χ1n) is 8.91. The largest absolute Gasteiger partial charge is 0.336 e. The van der Waals surface area contributed by atoms with E-state index < -0.39 is 0 Å². The summed E-state index contributed by atoms with van der Waals surface area (Å²) in [6, 6.07) is 9.26. The molecule has 144 valence electrons. The third-order valence-electron chi connectivity index (χ3n) is 4.64. The van der Waals surface area contributed by atoms with Crippen LogP contribution >= 0.6 is 27.3 Å². The van der Waals surface area contributed by atoms with Gasteiger partial charge in [-0.1, -0.05) is 6.07 Å². The van der Waals surface area contributed by atoms with Crippen LogP contribution in [0, 0.1) is 5.92 Å². The zero-order chi connectivity index (χ0) is 19.5. The molecule has 1 unspecified atom stereocenters. The first-order chi connectivity index (χ1) is 13.6. The number of anilines is 1. The van der Waals surface area contributed by atoms with Crippen LogP contribution in [0.1, 0.15) is 23.3 Å². The first kappa shape index (κ1) is 18.8. The Morgan fingerprint density at radius 3 is 2.96 bits per heavy atom. The molecular formula is C19H18BrN5O2S. The van der Waals surface area contributed by atoms with Crippen molar-refractivity contribution < 1.29 is 9.59 Å². The van der Waals surface area contributed by atoms with Gasteiger partial charge in [-0.25, -0.2) is 4.98 Å². The van der Waals surface area contributed by atoms with Crippen molar-refractivity contribution in [2.75, 3.05) is 18.4 Å². The van der Waals surface area contributed by atoms with E-state index in [1.165, 1.54) is 0 Å². The van der Waals surface area contributed by atoms with Gasteiger partial charge in [0, 0.05) is 23.8 Å². The van der Waals surface area contributed by atoms with Crippen molar-refractivity contribution in [1.82, 2.24) is 20.1 Å². The van der Waals surface area contributed by atoms with Gasteiger partial charge in [-0.2, -0.15) is 5.10 Å². The number of amides is 2. The maximum Gasteiger partial charge on any atom is 0.274 e. The summed E-state index contributed by atoms with van der Waals surface area (Å²) in [5.41, 5.74) is 1.20. The lowest BCUT2D eigenvalue weighted by atomic mass is 9.97. The standard InChI is InChI=1S/C19H18BrN5O2S/c20-13-5-6-17(21-10-13)22-18(26)12-3-1-7-25(11-12)19(27)15-9-14(23-24-15)16-4-2-8-28-16/h2,4-6,8-10,12H,1,3,7,11H2,(H,23,24)(H,21,22,26). The average Bonchev–Trinajstić information content (AvgIpc) is 3.41. The molecule has 3 aromatic heterocycles. The Morgan fingerprint density at radius 2 is 2.21 bits per heavy atom. The molecule has 2 N–H and O–H groups in total. The molecule has 4 heterocycles. The molecule has 9 heteroatoms. The average molecular weight is 460 g/mol. The number of nitrogens with zero attached hydrogens (tertiary/aromatic N) is 3. The maximum atomic E-state index is 12.8. The van der Waals surface area contributed by atoms with Crippen molar-refractivity contribution in [3.63, 3.8) is 0 Å². The first-order valence-corrected chi connectivity index (χ1v) is 10.6. The summed E-state index contributed by atoms with van der Waals surface area (Å²) in [6.45, 7) is 1.00. The second kappa shape index (κ2) is 8.24. The van der Waals surface area contributed by atoms with Crippen molar-refractivity contribution in [2.24, 2.45) is 5.92 Å².